The molecule has 0 spiro atoms. The molecule has 0 N–H and O–H groups in total. The van der Waals surface area contributed by atoms with E-state index in [1.54, 1.807) is 18.2 Å². The largest absolute Gasteiger partial charge is 0.490 e. The van der Waals surface area contributed by atoms with Gasteiger partial charge in [-0.2, -0.15) is 4.31 Å². The molecule has 2 aromatic carbocycles. The molecule has 6 nitrogen and oxygen atoms in total. The van der Waals surface area contributed by atoms with Gasteiger partial charge in [-0.15, -0.1) is 0 Å². The third kappa shape index (κ3) is 4.36. The molecule has 0 unspecified atom stereocenters. The molecule has 1 aliphatic rings. The minimum absolute atomic E-state index is 0.238. The number of benzene rings is 2. The van der Waals surface area contributed by atoms with Crippen LogP contribution in [0.2, 0.25) is 0 Å². The number of piperazine rings is 1. The van der Waals surface area contributed by atoms with Gasteiger partial charge in [0, 0.05) is 37.9 Å². The van der Waals surface area contributed by atoms with Crippen LogP contribution in [-0.2, 0) is 10.0 Å². The summed E-state index contributed by atoms with van der Waals surface area (Å²) in [7, 11) is -3.57. The van der Waals surface area contributed by atoms with Crippen molar-refractivity contribution in [3.05, 3.63) is 48.5 Å². The third-order valence-electron chi connectivity index (χ3n) is 4.51. The van der Waals surface area contributed by atoms with Crippen LogP contribution in [0.15, 0.2) is 53.4 Å². The summed E-state index contributed by atoms with van der Waals surface area (Å²) >= 11 is 0. The number of sulfonamides is 1. The fourth-order valence-corrected chi connectivity index (χ4v) is 4.60. The highest BCUT2D eigenvalue weighted by molar-refractivity contribution is 7.89. The third-order valence-corrected chi connectivity index (χ3v) is 6.41. The van der Waals surface area contributed by atoms with Crippen LogP contribution in [0.5, 0.6) is 11.5 Å². The number of hydrogen-bond donors (Lipinski definition) is 0. The molecule has 3 rings (SSSR count). The highest BCUT2D eigenvalue weighted by Gasteiger charge is 2.29. The van der Waals surface area contributed by atoms with Gasteiger partial charge in [-0.25, -0.2) is 8.42 Å². The summed E-state index contributed by atoms with van der Waals surface area (Å²) < 4.78 is 38.8. The normalized spacial score (nSPS) is 15.6. The van der Waals surface area contributed by atoms with Crippen LogP contribution in [0.3, 0.4) is 0 Å². The first kappa shape index (κ1) is 19.5. The molecule has 0 amide bonds. The Morgan fingerprint density at radius 3 is 2.11 bits per heavy atom. The molecule has 0 saturated carbocycles. The topological polar surface area (TPSA) is 59.1 Å². The Bertz CT molecular complexity index is 848. The van der Waals surface area contributed by atoms with Gasteiger partial charge in [0.15, 0.2) is 11.5 Å². The minimum Gasteiger partial charge on any atom is -0.490 e. The minimum atomic E-state index is -3.57. The lowest BCUT2D eigenvalue weighted by molar-refractivity contribution is 0.287. The van der Waals surface area contributed by atoms with E-state index in [0.29, 0.717) is 50.9 Å². The van der Waals surface area contributed by atoms with Crippen LogP contribution in [-0.4, -0.2) is 52.1 Å². The second kappa shape index (κ2) is 8.63. The lowest BCUT2D eigenvalue weighted by Gasteiger charge is -2.35. The van der Waals surface area contributed by atoms with Gasteiger partial charge in [0.2, 0.25) is 10.0 Å². The van der Waals surface area contributed by atoms with Crippen LogP contribution in [0.1, 0.15) is 13.8 Å². The number of rotatable bonds is 7. The second-order valence-electron chi connectivity index (χ2n) is 6.20. The molecule has 27 heavy (non-hydrogen) atoms. The highest BCUT2D eigenvalue weighted by Crippen LogP contribution is 2.31. The van der Waals surface area contributed by atoms with Crippen LogP contribution >= 0.6 is 0 Å². The molecule has 0 atom stereocenters. The summed E-state index contributed by atoms with van der Waals surface area (Å²) in [4.78, 5) is 2.44. The monoisotopic (exact) mass is 390 g/mol. The zero-order valence-electron chi connectivity index (χ0n) is 15.8. The van der Waals surface area contributed by atoms with Crippen LogP contribution < -0.4 is 14.4 Å². The molecule has 0 bridgehead atoms. The summed E-state index contributed by atoms with van der Waals surface area (Å²) in [5.41, 5.74) is 1.12. The lowest BCUT2D eigenvalue weighted by atomic mass is 10.2. The summed E-state index contributed by atoms with van der Waals surface area (Å²) in [6.07, 6.45) is 0. The second-order valence-corrected chi connectivity index (χ2v) is 8.14. The maximum atomic E-state index is 13.1. The van der Waals surface area contributed by atoms with E-state index in [9.17, 15) is 8.42 Å². The molecule has 0 aromatic heterocycles. The summed E-state index contributed by atoms with van der Waals surface area (Å²) in [5, 5.41) is 0. The lowest BCUT2D eigenvalue weighted by Crippen LogP contribution is -2.48. The summed E-state index contributed by atoms with van der Waals surface area (Å²) in [6, 6.07) is 14.9. The Balaban J connectivity index is 1.76. The van der Waals surface area contributed by atoms with Crippen LogP contribution in [0.4, 0.5) is 5.69 Å². The average molecular weight is 391 g/mol. The summed E-state index contributed by atoms with van der Waals surface area (Å²) in [6.45, 7) is 6.92. The van der Waals surface area contributed by atoms with Gasteiger partial charge in [0.05, 0.1) is 18.1 Å². The smallest absolute Gasteiger partial charge is 0.243 e. The first-order valence-corrected chi connectivity index (χ1v) is 10.7. The Morgan fingerprint density at radius 2 is 1.48 bits per heavy atom. The van der Waals surface area contributed by atoms with Crippen LogP contribution in [0.25, 0.3) is 0 Å². The van der Waals surface area contributed by atoms with E-state index < -0.39 is 10.0 Å². The van der Waals surface area contributed by atoms with Gasteiger partial charge in [0.1, 0.15) is 0 Å². The van der Waals surface area contributed by atoms with Crippen LogP contribution in [0, 0.1) is 0 Å². The maximum Gasteiger partial charge on any atom is 0.243 e. The molecule has 0 radical (unpaired) electrons. The Morgan fingerprint density at radius 1 is 0.852 bits per heavy atom. The Hall–Kier alpha value is -2.25. The first-order valence-electron chi connectivity index (χ1n) is 9.26. The number of nitrogens with zero attached hydrogens (tertiary/aromatic N) is 2. The number of para-hydroxylation sites is 1. The Kier molecular flexibility index (Phi) is 6.23. The number of hydrogen-bond acceptors (Lipinski definition) is 5. The van der Waals surface area contributed by atoms with E-state index in [2.05, 4.69) is 4.90 Å². The van der Waals surface area contributed by atoms with E-state index in [-0.39, 0.29) is 4.90 Å². The van der Waals surface area contributed by atoms with E-state index in [1.165, 1.54) is 4.31 Å². The van der Waals surface area contributed by atoms with E-state index >= 15 is 0 Å². The van der Waals surface area contributed by atoms with E-state index in [4.69, 9.17) is 9.47 Å². The predicted octanol–water partition coefficient (Wildman–Crippen LogP) is 2.99. The SMILES string of the molecule is CCOc1ccc(S(=O)(=O)N2CCN(c3ccccc3)CC2)cc1OCC. The molecular formula is C20H26N2O4S. The van der Waals surface area contributed by atoms with Crippen molar-refractivity contribution in [2.45, 2.75) is 18.7 Å². The predicted molar refractivity (Wildman–Crippen MR) is 106 cm³/mol. The standard InChI is InChI=1S/C20H26N2O4S/c1-3-25-19-11-10-18(16-20(19)26-4-2)27(23,24)22-14-12-21(13-15-22)17-8-6-5-7-9-17/h5-11,16H,3-4,12-15H2,1-2H3. The average Bonchev–Trinajstić information content (AvgIpc) is 2.70. The van der Waals surface area contributed by atoms with Crippen molar-refractivity contribution in [2.24, 2.45) is 0 Å². The molecule has 146 valence electrons. The maximum absolute atomic E-state index is 13.1. The van der Waals surface area contributed by atoms with E-state index in [0.717, 1.165) is 5.69 Å². The molecule has 1 saturated heterocycles. The molecular weight excluding hydrogens is 364 g/mol. The van der Waals surface area contributed by atoms with Crippen molar-refractivity contribution < 1.29 is 17.9 Å². The van der Waals surface area contributed by atoms with Gasteiger partial charge in [-0.05, 0) is 38.1 Å². The van der Waals surface area contributed by atoms with Crippen molar-refractivity contribution in [3.8, 4) is 11.5 Å². The zero-order valence-corrected chi connectivity index (χ0v) is 16.6. The van der Waals surface area contributed by atoms with Crippen molar-refractivity contribution in [3.63, 3.8) is 0 Å². The molecule has 7 heteroatoms. The van der Waals surface area contributed by atoms with Gasteiger partial charge in [-0.1, -0.05) is 18.2 Å². The van der Waals surface area contributed by atoms with Gasteiger partial charge >= 0.3 is 0 Å². The first-order chi connectivity index (χ1) is 13.1. The fraction of sp³-hybridized carbons (Fsp3) is 0.400. The van der Waals surface area contributed by atoms with E-state index in [1.807, 2.05) is 44.2 Å². The molecule has 2 aromatic rings. The Labute approximate surface area is 161 Å². The van der Waals surface area contributed by atoms with Gasteiger partial charge < -0.3 is 14.4 Å². The quantitative estimate of drug-likeness (QED) is 0.727. The van der Waals surface area contributed by atoms with Gasteiger partial charge in [0.25, 0.3) is 0 Å². The molecule has 0 aliphatic carbocycles. The number of anilines is 1. The van der Waals surface area contributed by atoms with Crippen molar-refractivity contribution >= 4 is 15.7 Å². The highest BCUT2D eigenvalue weighted by atomic mass is 32.2. The van der Waals surface area contributed by atoms with Gasteiger partial charge in [-0.3, -0.25) is 0 Å². The van der Waals surface area contributed by atoms with Crippen molar-refractivity contribution in [1.82, 2.24) is 4.31 Å². The summed E-state index contributed by atoms with van der Waals surface area (Å²) in [5.74, 6) is 1.02. The molecule has 1 fully saturated rings. The number of ether oxygens (including phenoxy) is 2. The van der Waals surface area contributed by atoms with Crippen molar-refractivity contribution in [1.29, 1.82) is 0 Å². The zero-order chi connectivity index (χ0) is 19.3. The molecule has 1 aliphatic heterocycles. The van der Waals surface area contributed by atoms with Crippen molar-refractivity contribution in [2.75, 3.05) is 44.3 Å². The molecule has 1 heterocycles. The fourth-order valence-electron chi connectivity index (χ4n) is 3.17.